The molecule has 0 unspecified atom stereocenters. The van der Waals surface area contributed by atoms with Gasteiger partial charge in [0.15, 0.2) is 6.79 Å². The maximum absolute atomic E-state index is 11.7. The third-order valence-corrected chi connectivity index (χ3v) is 2.65. The molecule has 0 atom stereocenters. The monoisotopic (exact) mass is 254 g/mol. The van der Waals surface area contributed by atoms with Crippen molar-refractivity contribution in [1.82, 2.24) is 0 Å². The van der Waals surface area contributed by atoms with Gasteiger partial charge in [0.1, 0.15) is 17.1 Å². The zero-order chi connectivity index (χ0) is 13.7. The summed E-state index contributed by atoms with van der Waals surface area (Å²) < 4.78 is 15.0. The van der Waals surface area contributed by atoms with E-state index in [1.165, 1.54) is 13.2 Å². The largest absolute Gasteiger partial charge is 0.507 e. The maximum Gasteiger partial charge on any atom is 0.342 e. The van der Waals surface area contributed by atoms with Crippen molar-refractivity contribution in [2.45, 2.75) is 20.8 Å². The second-order valence-corrected chi connectivity index (χ2v) is 3.79. The molecular formula is C13H18O5. The molecule has 5 heteroatoms. The first-order valence-corrected chi connectivity index (χ1v) is 5.64. The van der Waals surface area contributed by atoms with E-state index in [2.05, 4.69) is 0 Å². The lowest BCUT2D eigenvalue weighted by molar-refractivity contribution is 0.0483. The molecule has 0 aromatic heterocycles. The molecular weight excluding hydrogens is 236 g/mol. The normalized spacial score (nSPS) is 10.2. The molecule has 1 N–H and O–H groups in total. The van der Waals surface area contributed by atoms with Crippen molar-refractivity contribution in [2.24, 2.45) is 0 Å². The van der Waals surface area contributed by atoms with Crippen molar-refractivity contribution in [3.05, 3.63) is 22.8 Å². The summed E-state index contributed by atoms with van der Waals surface area (Å²) in [4.78, 5) is 11.7. The zero-order valence-corrected chi connectivity index (χ0v) is 11.1. The molecule has 18 heavy (non-hydrogen) atoms. The number of phenols is 1. The van der Waals surface area contributed by atoms with E-state index in [9.17, 15) is 9.90 Å². The molecule has 0 saturated heterocycles. The van der Waals surface area contributed by atoms with Gasteiger partial charge in [0.05, 0.1) is 6.61 Å². The molecule has 0 aliphatic heterocycles. The Hall–Kier alpha value is -1.75. The minimum Gasteiger partial charge on any atom is -0.507 e. The molecule has 5 nitrogen and oxygen atoms in total. The molecule has 0 bridgehead atoms. The van der Waals surface area contributed by atoms with E-state index in [-0.39, 0.29) is 24.7 Å². The smallest absolute Gasteiger partial charge is 0.342 e. The summed E-state index contributed by atoms with van der Waals surface area (Å²) in [7, 11) is 1.51. The van der Waals surface area contributed by atoms with Crippen molar-refractivity contribution in [3.63, 3.8) is 0 Å². The SMILES string of the molecule is CCOC(=O)c1cc(OCOC)c(C)c(C)c1O. The number of esters is 1. The van der Waals surface area contributed by atoms with Crippen LogP contribution in [0.15, 0.2) is 6.07 Å². The highest BCUT2D eigenvalue weighted by Crippen LogP contribution is 2.33. The van der Waals surface area contributed by atoms with Crippen LogP contribution in [0.2, 0.25) is 0 Å². The molecule has 100 valence electrons. The van der Waals surface area contributed by atoms with Crippen LogP contribution in [0, 0.1) is 13.8 Å². The average Bonchev–Trinajstić information content (AvgIpc) is 2.35. The van der Waals surface area contributed by atoms with Crippen molar-refractivity contribution in [3.8, 4) is 11.5 Å². The summed E-state index contributed by atoms with van der Waals surface area (Å²) in [6.07, 6.45) is 0. The van der Waals surface area contributed by atoms with E-state index in [0.717, 1.165) is 5.56 Å². The minimum absolute atomic E-state index is 0.0734. The Balaban J connectivity index is 3.18. The van der Waals surface area contributed by atoms with Crippen LogP contribution in [-0.2, 0) is 9.47 Å². The highest BCUT2D eigenvalue weighted by molar-refractivity contribution is 5.93. The third-order valence-electron chi connectivity index (χ3n) is 2.65. The molecule has 0 aliphatic carbocycles. The summed E-state index contributed by atoms with van der Waals surface area (Å²) in [5.74, 6) is -0.147. The zero-order valence-electron chi connectivity index (χ0n) is 11.1. The van der Waals surface area contributed by atoms with E-state index in [0.29, 0.717) is 11.3 Å². The lowest BCUT2D eigenvalue weighted by Gasteiger charge is -2.14. The first-order valence-electron chi connectivity index (χ1n) is 5.64. The van der Waals surface area contributed by atoms with Gasteiger partial charge in [-0.15, -0.1) is 0 Å². The highest BCUT2D eigenvalue weighted by atomic mass is 16.7. The van der Waals surface area contributed by atoms with E-state index in [4.69, 9.17) is 14.2 Å². The second kappa shape index (κ2) is 6.26. The van der Waals surface area contributed by atoms with Crippen LogP contribution >= 0.6 is 0 Å². The van der Waals surface area contributed by atoms with Gasteiger partial charge < -0.3 is 19.3 Å². The molecule has 1 aromatic carbocycles. The van der Waals surface area contributed by atoms with Crippen molar-refractivity contribution >= 4 is 5.97 Å². The lowest BCUT2D eigenvalue weighted by Crippen LogP contribution is -2.08. The summed E-state index contributed by atoms with van der Waals surface area (Å²) in [6.45, 7) is 5.55. The Bertz CT molecular complexity index is 439. The van der Waals surface area contributed by atoms with Gasteiger partial charge >= 0.3 is 5.97 Å². The molecule has 0 aliphatic rings. The Labute approximate surface area is 106 Å². The van der Waals surface area contributed by atoms with E-state index >= 15 is 0 Å². The molecule has 0 amide bonds. The number of hydrogen-bond donors (Lipinski definition) is 1. The van der Waals surface area contributed by atoms with E-state index in [1.807, 2.05) is 0 Å². The van der Waals surface area contributed by atoms with Gasteiger partial charge in [-0.3, -0.25) is 0 Å². The number of rotatable bonds is 5. The van der Waals surface area contributed by atoms with Gasteiger partial charge in [0, 0.05) is 7.11 Å². The molecule has 1 rings (SSSR count). The number of benzene rings is 1. The van der Waals surface area contributed by atoms with Gasteiger partial charge in [0.25, 0.3) is 0 Å². The molecule has 0 fully saturated rings. The Morgan fingerprint density at radius 2 is 2.00 bits per heavy atom. The number of methoxy groups -OCH3 is 1. The second-order valence-electron chi connectivity index (χ2n) is 3.79. The predicted octanol–water partition coefficient (Wildman–Crippen LogP) is 2.17. The fourth-order valence-electron chi connectivity index (χ4n) is 1.51. The number of carbonyl (C=O) groups is 1. The van der Waals surface area contributed by atoms with Gasteiger partial charge in [-0.05, 0) is 38.0 Å². The fraction of sp³-hybridized carbons (Fsp3) is 0.462. The predicted molar refractivity (Wildman–Crippen MR) is 66.0 cm³/mol. The van der Waals surface area contributed by atoms with Crippen LogP contribution in [-0.4, -0.2) is 31.6 Å². The summed E-state index contributed by atoms with van der Waals surface area (Å²) >= 11 is 0. The Kier molecular flexibility index (Phi) is 4.97. The number of carbonyl (C=O) groups excluding carboxylic acids is 1. The van der Waals surface area contributed by atoms with Crippen molar-refractivity contribution in [2.75, 3.05) is 20.5 Å². The number of aromatic hydroxyl groups is 1. The maximum atomic E-state index is 11.7. The van der Waals surface area contributed by atoms with Gasteiger partial charge in [-0.25, -0.2) is 4.79 Å². The van der Waals surface area contributed by atoms with E-state index < -0.39 is 5.97 Å². The van der Waals surface area contributed by atoms with Gasteiger partial charge in [-0.1, -0.05) is 0 Å². The highest BCUT2D eigenvalue weighted by Gasteiger charge is 2.19. The third kappa shape index (κ3) is 2.92. The van der Waals surface area contributed by atoms with Crippen LogP contribution in [0.3, 0.4) is 0 Å². The van der Waals surface area contributed by atoms with Crippen LogP contribution in [0.4, 0.5) is 0 Å². The number of phenolic OH excluding ortho intramolecular Hbond substituents is 1. The van der Waals surface area contributed by atoms with Gasteiger partial charge in [-0.2, -0.15) is 0 Å². The Morgan fingerprint density at radius 3 is 2.56 bits per heavy atom. The molecule has 0 radical (unpaired) electrons. The Morgan fingerprint density at radius 1 is 1.33 bits per heavy atom. The minimum atomic E-state index is -0.569. The molecule has 1 aromatic rings. The quantitative estimate of drug-likeness (QED) is 0.644. The number of ether oxygens (including phenoxy) is 3. The topological polar surface area (TPSA) is 65.0 Å². The standard InChI is InChI=1S/C13H18O5/c1-5-17-13(15)10-6-11(18-7-16-4)8(2)9(3)12(10)14/h6,14H,5,7H2,1-4H3. The molecule has 0 heterocycles. The van der Waals surface area contributed by atoms with Crippen LogP contribution in [0.5, 0.6) is 11.5 Å². The van der Waals surface area contributed by atoms with Gasteiger partial charge in [0.2, 0.25) is 0 Å². The van der Waals surface area contributed by atoms with Crippen LogP contribution in [0.25, 0.3) is 0 Å². The van der Waals surface area contributed by atoms with E-state index in [1.54, 1.807) is 20.8 Å². The number of hydrogen-bond acceptors (Lipinski definition) is 5. The fourth-order valence-corrected chi connectivity index (χ4v) is 1.51. The first-order chi connectivity index (χ1) is 8.52. The lowest BCUT2D eigenvalue weighted by atomic mass is 10.0. The summed E-state index contributed by atoms with van der Waals surface area (Å²) in [5, 5.41) is 9.94. The first kappa shape index (κ1) is 14.3. The molecule has 0 saturated carbocycles. The van der Waals surface area contributed by atoms with Crippen molar-refractivity contribution < 1.29 is 24.1 Å². The summed E-state index contributed by atoms with van der Waals surface area (Å²) in [5.41, 5.74) is 1.45. The summed E-state index contributed by atoms with van der Waals surface area (Å²) in [6, 6.07) is 1.47. The van der Waals surface area contributed by atoms with Crippen LogP contribution < -0.4 is 4.74 Å². The molecule has 0 spiro atoms. The van der Waals surface area contributed by atoms with Crippen molar-refractivity contribution in [1.29, 1.82) is 0 Å². The average molecular weight is 254 g/mol. The van der Waals surface area contributed by atoms with Crippen LogP contribution in [0.1, 0.15) is 28.4 Å².